The number of benzene rings is 2. The second-order valence-corrected chi connectivity index (χ2v) is 7.71. The van der Waals surface area contributed by atoms with Gasteiger partial charge in [-0.05, 0) is 47.1 Å². The molecule has 1 aliphatic rings. The minimum absolute atomic E-state index is 0.0707. The van der Waals surface area contributed by atoms with Crippen LogP contribution in [0.4, 0.5) is 5.69 Å². The first-order valence-corrected chi connectivity index (χ1v) is 9.48. The number of para-hydroxylation sites is 3. The second-order valence-electron chi connectivity index (χ2n) is 6.86. The zero-order valence-electron chi connectivity index (χ0n) is 14.7. The molecule has 1 aromatic heterocycles. The number of carbonyl (C=O) groups excluding carboxylic acids is 1. The Balaban J connectivity index is 1.73. The van der Waals surface area contributed by atoms with Crippen molar-refractivity contribution in [2.45, 2.75) is 25.8 Å². The average Bonchev–Trinajstić information content (AvgIpc) is 3.16. The van der Waals surface area contributed by atoms with Crippen molar-refractivity contribution in [3.05, 3.63) is 71.0 Å². The molecule has 1 fully saturated rings. The number of hydrogen-bond donors (Lipinski definition) is 0. The number of hydrogen-bond acceptors (Lipinski definition) is 2. The maximum atomic E-state index is 12.7. The first-order chi connectivity index (χ1) is 12.5. The van der Waals surface area contributed by atoms with Crippen LogP contribution >= 0.6 is 15.9 Å². The zero-order valence-corrected chi connectivity index (χ0v) is 16.2. The summed E-state index contributed by atoms with van der Waals surface area (Å²) in [6, 6.07) is 16.0. The van der Waals surface area contributed by atoms with Gasteiger partial charge in [0.15, 0.2) is 0 Å². The summed E-state index contributed by atoms with van der Waals surface area (Å²) >= 11 is 3.56. The molecule has 4 nitrogen and oxygen atoms in total. The van der Waals surface area contributed by atoms with Gasteiger partial charge in [0.1, 0.15) is 5.82 Å². The Bertz CT molecular complexity index is 1010. The maximum absolute atomic E-state index is 12.7. The Kier molecular flexibility index (Phi) is 4.41. The van der Waals surface area contributed by atoms with E-state index in [0.717, 1.165) is 39.1 Å². The van der Waals surface area contributed by atoms with Crippen LogP contribution in [0, 0.1) is 0 Å². The van der Waals surface area contributed by atoms with E-state index in [0.29, 0.717) is 13.0 Å². The van der Waals surface area contributed by atoms with Crippen LogP contribution in [0.2, 0.25) is 0 Å². The highest BCUT2D eigenvalue weighted by Gasteiger charge is 2.35. The number of halogens is 1. The Hall–Kier alpha value is -2.40. The fraction of sp³-hybridized carbons (Fsp3) is 0.238. The van der Waals surface area contributed by atoms with Gasteiger partial charge in [0.25, 0.3) is 0 Å². The lowest BCUT2D eigenvalue weighted by Gasteiger charge is -2.18. The monoisotopic (exact) mass is 409 g/mol. The van der Waals surface area contributed by atoms with Crippen molar-refractivity contribution >= 4 is 38.6 Å². The van der Waals surface area contributed by atoms with E-state index >= 15 is 0 Å². The number of rotatable bonds is 4. The molecule has 1 amide bonds. The molecule has 1 aliphatic heterocycles. The van der Waals surface area contributed by atoms with Crippen molar-refractivity contribution < 1.29 is 4.79 Å². The lowest BCUT2D eigenvalue weighted by molar-refractivity contribution is -0.117. The molecule has 2 aromatic carbocycles. The van der Waals surface area contributed by atoms with Gasteiger partial charge in [-0.1, -0.05) is 36.4 Å². The fourth-order valence-electron chi connectivity index (χ4n) is 3.63. The molecule has 0 N–H and O–H groups in total. The smallest absolute Gasteiger partial charge is 0.227 e. The lowest BCUT2D eigenvalue weighted by atomic mass is 10.1. The van der Waals surface area contributed by atoms with Gasteiger partial charge in [-0.15, -0.1) is 0 Å². The molecule has 3 aromatic rings. The molecule has 0 unspecified atom stereocenters. The summed E-state index contributed by atoms with van der Waals surface area (Å²) in [5.74, 6) is 1.18. The van der Waals surface area contributed by atoms with Crippen LogP contribution in [-0.2, 0) is 11.3 Å². The Morgan fingerprint density at radius 3 is 2.73 bits per heavy atom. The fourth-order valence-corrected chi connectivity index (χ4v) is 4.12. The van der Waals surface area contributed by atoms with Gasteiger partial charge in [0, 0.05) is 29.9 Å². The molecule has 0 aliphatic carbocycles. The van der Waals surface area contributed by atoms with E-state index in [1.807, 2.05) is 54.3 Å². The molecule has 4 rings (SSSR count). The van der Waals surface area contributed by atoms with Crippen LogP contribution in [0.15, 0.2) is 65.2 Å². The molecule has 0 radical (unpaired) electrons. The summed E-state index contributed by atoms with van der Waals surface area (Å²) in [7, 11) is 0. The summed E-state index contributed by atoms with van der Waals surface area (Å²) in [5.41, 5.74) is 4.05. The minimum Gasteiger partial charge on any atom is -0.324 e. The molecule has 0 spiro atoms. The molecule has 1 saturated heterocycles. The number of imidazole rings is 1. The van der Waals surface area contributed by atoms with E-state index in [9.17, 15) is 4.79 Å². The Morgan fingerprint density at radius 1 is 1.23 bits per heavy atom. The zero-order chi connectivity index (χ0) is 18.3. The number of nitrogens with zero attached hydrogens (tertiary/aromatic N) is 3. The van der Waals surface area contributed by atoms with E-state index in [4.69, 9.17) is 4.98 Å². The molecule has 2 heterocycles. The van der Waals surface area contributed by atoms with Gasteiger partial charge >= 0.3 is 0 Å². The van der Waals surface area contributed by atoms with Crippen LogP contribution in [-0.4, -0.2) is 22.0 Å². The highest BCUT2D eigenvalue weighted by Crippen LogP contribution is 2.36. The van der Waals surface area contributed by atoms with Crippen LogP contribution in [0.3, 0.4) is 0 Å². The third-order valence-electron chi connectivity index (χ3n) is 4.75. The van der Waals surface area contributed by atoms with Crippen LogP contribution in [0.5, 0.6) is 0 Å². The third kappa shape index (κ3) is 2.97. The lowest BCUT2D eigenvalue weighted by Crippen LogP contribution is -2.25. The van der Waals surface area contributed by atoms with Crippen molar-refractivity contribution in [2.75, 3.05) is 11.4 Å². The van der Waals surface area contributed by atoms with Crippen molar-refractivity contribution in [3.63, 3.8) is 0 Å². The van der Waals surface area contributed by atoms with Gasteiger partial charge < -0.3 is 9.47 Å². The molecule has 5 heteroatoms. The summed E-state index contributed by atoms with van der Waals surface area (Å²) in [4.78, 5) is 19.4. The van der Waals surface area contributed by atoms with E-state index in [1.165, 1.54) is 0 Å². The molecule has 26 heavy (non-hydrogen) atoms. The van der Waals surface area contributed by atoms with Crippen LogP contribution in [0.1, 0.15) is 25.1 Å². The summed E-state index contributed by atoms with van der Waals surface area (Å²) in [6.45, 7) is 7.44. The number of anilines is 1. The molecule has 0 bridgehead atoms. The van der Waals surface area contributed by atoms with Crippen molar-refractivity contribution in [2.24, 2.45) is 0 Å². The normalized spacial score (nSPS) is 17.2. The minimum atomic E-state index is 0.0707. The second kappa shape index (κ2) is 6.72. The average molecular weight is 410 g/mol. The Labute approximate surface area is 161 Å². The number of allylic oxidation sites excluding steroid dienone is 1. The molecular weight excluding hydrogens is 390 g/mol. The van der Waals surface area contributed by atoms with Crippen molar-refractivity contribution in [1.82, 2.24) is 9.55 Å². The van der Waals surface area contributed by atoms with Gasteiger partial charge in [0.2, 0.25) is 5.91 Å². The van der Waals surface area contributed by atoms with E-state index in [2.05, 4.69) is 33.1 Å². The van der Waals surface area contributed by atoms with E-state index in [-0.39, 0.29) is 11.8 Å². The van der Waals surface area contributed by atoms with E-state index < -0.39 is 0 Å². The summed E-state index contributed by atoms with van der Waals surface area (Å²) in [6.07, 6.45) is 0.473. The van der Waals surface area contributed by atoms with Crippen LogP contribution < -0.4 is 4.90 Å². The molecule has 132 valence electrons. The van der Waals surface area contributed by atoms with Gasteiger partial charge in [0.05, 0.1) is 16.7 Å². The van der Waals surface area contributed by atoms with Gasteiger partial charge in [-0.25, -0.2) is 4.98 Å². The highest BCUT2D eigenvalue weighted by molar-refractivity contribution is 9.10. The number of fused-ring (bicyclic) bond motifs is 1. The third-order valence-corrected chi connectivity index (χ3v) is 5.42. The van der Waals surface area contributed by atoms with Crippen molar-refractivity contribution in [1.29, 1.82) is 0 Å². The predicted octanol–water partition coefficient (Wildman–Crippen LogP) is 4.90. The SMILES string of the molecule is C=C(C)Cn1c([C@H]2CC(=O)N(c3ccccc3Br)C2)nc2ccccc21. The molecule has 1 atom stereocenters. The quantitative estimate of drug-likeness (QED) is 0.574. The van der Waals surface area contributed by atoms with E-state index in [1.54, 1.807) is 0 Å². The van der Waals surface area contributed by atoms with Gasteiger partial charge in [-0.2, -0.15) is 0 Å². The standard InChI is InChI=1S/C21H20BrN3O/c1-14(2)12-25-19-10-6-4-8-17(19)23-21(25)15-11-20(26)24(13-15)18-9-5-3-7-16(18)22/h3-10,15H,1,11-13H2,2H3/t15-/m0/s1. The molecule has 0 saturated carbocycles. The first kappa shape index (κ1) is 17.0. The number of carbonyl (C=O) groups is 1. The molecular formula is C21H20BrN3O. The predicted molar refractivity (Wildman–Crippen MR) is 108 cm³/mol. The maximum Gasteiger partial charge on any atom is 0.227 e. The number of amides is 1. The summed E-state index contributed by atoms with van der Waals surface area (Å²) in [5, 5.41) is 0. The Morgan fingerprint density at radius 2 is 1.96 bits per heavy atom. The summed E-state index contributed by atoms with van der Waals surface area (Å²) < 4.78 is 3.14. The van der Waals surface area contributed by atoms with Crippen LogP contribution in [0.25, 0.3) is 11.0 Å². The first-order valence-electron chi connectivity index (χ1n) is 8.69. The van der Waals surface area contributed by atoms with Crippen molar-refractivity contribution in [3.8, 4) is 0 Å². The topological polar surface area (TPSA) is 38.1 Å². The number of aromatic nitrogens is 2. The van der Waals surface area contributed by atoms with Gasteiger partial charge in [-0.3, -0.25) is 4.79 Å². The largest absolute Gasteiger partial charge is 0.324 e. The highest BCUT2D eigenvalue weighted by atomic mass is 79.9.